The molecular formula is C13H12BrN3. The van der Waals surface area contributed by atoms with E-state index in [4.69, 9.17) is 4.98 Å². The van der Waals surface area contributed by atoms with Crippen LogP contribution in [0.4, 0.5) is 5.69 Å². The van der Waals surface area contributed by atoms with E-state index in [9.17, 15) is 0 Å². The maximum atomic E-state index is 4.77. The second-order valence-electron chi connectivity index (χ2n) is 4.85. The zero-order valence-corrected chi connectivity index (χ0v) is 10.9. The monoisotopic (exact) mass is 289 g/mol. The van der Waals surface area contributed by atoms with Crippen LogP contribution in [0.3, 0.4) is 0 Å². The fourth-order valence-electron chi connectivity index (χ4n) is 2.99. The summed E-state index contributed by atoms with van der Waals surface area (Å²) in [6.45, 7) is 2.37. The molecule has 3 aliphatic heterocycles. The number of piperidine rings is 1. The zero-order valence-electron chi connectivity index (χ0n) is 9.36. The molecule has 0 N–H and O–H groups in total. The molecule has 0 saturated carbocycles. The van der Waals surface area contributed by atoms with Crippen molar-refractivity contribution in [3.8, 4) is 0 Å². The highest BCUT2D eigenvalue weighted by molar-refractivity contribution is 9.10. The lowest BCUT2D eigenvalue weighted by atomic mass is 9.86. The van der Waals surface area contributed by atoms with Crippen LogP contribution < -0.4 is 4.90 Å². The van der Waals surface area contributed by atoms with Crippen molar-refractivity contribution in [1.29, 1.82) is 0 Å². The molecule has 1 fully saturated rings. The molecule has 3 aliphatic rings. The number of nitrogens with zero attached hydrogens (tertiary/aromatic N) is 3. The molecule has 2 bridgehead atoms. The summed E-state index contributed by atoms with van der Waals surface area (Å²) >= 11 is 3.47. The average Bonchev–Trinajstić information content (AvgIpc) is 2.38. The molecule has 4 heteroatoms. The lowest BCUT2D eigenvalue weighted by molar-refractivity contribution is 0.465. The molecule has 2 aromatic rings. The van der Waals surface area contributed by atoms with Gasteiger partial charge in [-0.3, -0.25) is 0 Å². The molecule has 0 atom stereocenters. The number of hydrogen-bond acceptors (Lipinski definition) is 3. The lowest BCUT2D eigenvalue weighted by Crippen LogP contribution is -2.39. The van der Waals surface area contributed by atoms with Gasteiger partial charge in [-0.15, -0.1) is 0 Å². The smallest absolute Gasteiger partial charge is 0.159 e. The van der Waals surface area contributed by atoms with Crippen molar-refractivity contribution in [2.24, 2.45) is 0 Å². The van der Waals surface area contributed by atoms with Crippen LogP contribution in [0.2, 0.25) is 0 Å². The van der Waals surface area contributed by atoms with E-state index >= 15 is 0 Å². The van der Waals surface area contributed by atoms with Gasteiger partial charge in [-0.25, -0.2) is 9.97 Å². The summed E-state index contributed by atoms with van der Waals surface area (Å²) in [5.74, 6) is 0.657. The van der Waals surface area contributed by atoms with Crippen molar-refractivity contribution >= 4 is 32.7 Å². The maximum absolute atomic E-state index is 4.77. The van der Waals surface area contributed by atoms with Crippen molar-refractivity contribution < 1.29 is 0 Å². The third kappa shape index (κ3) is 1.40. The van der Waals surface area contributed by atoms with E-state index in [2.05, 4.69) is 37.9 Å². The average molecular weight is 290 g/mol. The van der Waals surface area contributed by atoms with Crippen molar-refractivity contribution in [3.63, 3.8) is 0 Å². The SMILES string of the molecule is Brc1cnc2nc3c(cc2c1)N1CCC3CC1. The second kappa shape index (κ2) is 3.42. The first-order valence-electron chi connectivity index (χ1n) is 6.02. The summed E-state index contributed by atoms with van der Waals surface area (Å²) in [6, 6.07) is 4.35. The molecule has 3 nitrogen and oxygen atoms in total. The molecular weight excluding hydrogens is 278 g/mol. The van der Waals surface area contributed by atoms with Crippen LogP contribution >= 0.6 is 15.9 Å². The molecule has 0 aromatic carbocycles. The maximum Gasteiger partial charge on any atom is 0.159 e. The highest BCUT2D eigenvalue weighted by atomic mass is 79.9. The Morgan fingerprint density at radius 1 is 1.24 bits per heavy atom. The topological polar surface area (TPSA) is 29.0 Å². The molecule has 5 rings (SSSR count). The van der Waals surface area contributed by atoms with Crippen LogP contribution in [0.5, 0.6) is 0 Å². The van der Waals surface area contributed by atoms with Gasteiger partial charge in [0.15, 0.2) is 5.65 Å². The van der Waals surface area contributed by atoms with E-state index in [1.165, 1.54) is 37.3 Å². The van der Waals surface area contributed by atoms with Crippen LogP contribution in [-0.2, 0) is 0 Å². The van der Waals surface area contributed by atoms with Crippen LogP contribution in [0.15, 0.2) is 22.8 Å². The molecule has 0 unspecified atom stereocenters. The molecule has 2 aromatic heterocycles. The second-order valence-corrected chi connectivity index (χ2v) is 5.77. The predicted octanol–water partition coefficient (Wildman–Crippen LogP) is 3.09. The largest absolute Gasteiger partial charge is 0.370 e. The Kier molecular flexibility index (Phi) is 1.98. The Bertz CT molecular complexity index is 603. The first kappa shape index (κ1) is 9.83. The molecule has 1 saturated heterocycles. The van der Waals surface area contributed by atoms with E-state index in [1.54, 1.807) is 0 Å². The van der Waals surface area contributed by atoms with E-state index in [1.807, 2.05) is 6.20 Å². The normalized spacial score (nSPS) is 18.8. The minimum atomic E-state index is 0.657. The number of aromatic nitrogens is 2. The lowest BCUT2D eigenvalue weighted by Gasteiger charge is -2.41. The Balaban J connectivity index is 2.01. The Hall–Kier alpha value is -1.16. The molecule has 86 valence electrons. The van der Waals surface area contributed by atoms with Gasteiger partial charge in [0.05, 0.1) is 11.4 Å². The van der Waals surface area contributed by atoms with Crippen molar-refractivity contribution in [3.05, 3.63) is 28.5 Å². The fourth-order valence-corrected chi connectivity index (χ4v) is 3.34. The Morgan fingerprint density at radius 3 is 2.88 bits per heavy atom. The van der Waals surface area contributed by atoms with Crippen LogP contribution in [-0.4, -0.2) is 23.1 Å². The molecule has 0 spiro atoms. The summed E-state index contributed by atoms with van der Waals surface area (Å²) in [5, 5.41) is 1.13. The molecule has 5 heterocycles. The van der Waals surface area contributed by atoms with Crippen molar-refractivity contribution in [2.45, 2.75) is 18.8 Å². The number of pyridine rings is 2. The van der Waals surface area contributed by atoms with E-state index in [0.717, 1.165) is 15.5 Å². The van der Waals surface area contributed by atoms with E-state index in [0.29, 0.717) is 5.92 Å². The zero-order chi connectivity index (χ0) is 11.4. The highest BCUT2D eigenvalue weighted by Crippen LogP contribution is 2.42. The van der Waals surface area contributed by atoms with Gasteiger partial charge in [-0.2, -0.15) is 0 Å². The number of rotatable bonds is 0. The first-order valence-corrected chi connectivity index (χ1v) is 6.82. The van der Waals surface area contributed by atoms with E-state index in [-0.39, 0.29) is 0 Å². The number of fused-ring (bicyclic) bond motifs is 3. The summed E-state index contributed by atoms with van der Waals surface area (Å²) < 4.78 is 1.02. The Morgan fingerprint density at radius 2 is 2.06 bits per heavy atom. The third-order valence-electron chi connectivity index (χ3n) is 3.87. The summed E-state index contributed by atoms with van der Waals surface area (Å²) in [6.07, 6.45) is 4.33. The van der Waals surface area contributed by atoms with Crippen molar-refractivity contribution in [1.82, 2.24) is 9.97 Å². The standard InChI is InChI=1S/C13H12BrN3/c14-10-5-9-6-11-12(16-13(9)15-7-10)8-1-3-17(11)4-2-8/h5-8H,1-4H2. The van der Waals surface area contributed by atoms with Gasteiger partial charge in [0, 0.05) is 35.1 Å². The van der Waals surface area contributed by atoms with Gasteiger partial charge in [0.2, 0.25) is 0 Å². The molecule has 0 radical (unpaired) electrons. The van der Waals surface area contributed by atoms with Gasteiger partial charge in [0.1, 0.15) is 0 Å². The quantitative estimate of drug-likeness (QED) is 0.746. The van der Waals surface area contributed by atoms with E-state index < -0.39 is 0 Å². The van der Waals surface area contributed by atoms with Gasteiger partial charge >= 0.3 is 0 Å². The highest BCUT2D eigenvalue weighted by Gasteiger charge is 2.32. The van der Waals surface area contributed by atoms with Crippen LogP contribution in [0, 0.1) is 0 Å². The first-order chi connectivity index (χ1) is 8.31. The Labute approximate surface area is 108 Å². The third-order valence-corrected chi connectivity index (χ3v) is 4.30. The number of halogens is 1. The molecule has 0 aliphatic carbocycles. The number of anilines is 1. The summed E-state index contributed by atoms with van der Waals surface area (Å²) in [4.78, 5) is 11.6. The minimum absolute atomic E-state index is 0.657. The molecule has 17 heavy (non-hydrogen) atoms. The predicted molar refractivity (Wildman–Crippen MR) is 71.4 cm³/mol. The fraction of sp³-hybridized carbons (Fsp3) is 0.385. The molecule has 0 amide bonds. The number of hydrogen-bond donors (Lipinski definition) is 0. The van der Waals surface area contributed by atoms with Gasteiger partial charge < -0.3 is 4.90 Å². The van der Waals surface area contributed by atoms with Gasteiger partial charge in [-0.1, -0.05) is 0 Å². The van der Waals surface area contributed by atoms with Crippen LogP contribution in [0.25, 0.3) is 11.0 Å². The summed E-state index contributed by atoms with van der Waals surface area (Å²) in [7, 11) is 0. The van der Waals surface area contributed by atoms with Gasteiger partial charge in [-0.05, 0) is 40.9 Å². The van der Waals surface area contributed by atoms with Crippen LogP contribution in [0.1, 0.15) is 24.5 Å². The summed E-state index contributed by atoms with van der Waals surface area (Å²) in [5.41, 5.74) is 3.48. The minimum Gasteiger partial charge on any atom is -0.370 e. The van der Waals surface area contributed by atoms with Gasteiger partial charge in [0.25, 0.3) is 0 Å². The van der Waals surface area contributed by atoms with Crippen molar-refractivity contribution in [2.75, 3.05) is 18.0 Å².